The number of aromatic nitrogens is 1. The molecule has 0 unspecified atom stereocenters. The summed E-state index contributed by atoms with van der Waals surface area (Å²) in [5, 5.41) is 4.14. The fourth-order valence-corrected chi connectivity index (χ4v) is 3.84. The van der Waals surface area contributed by atoms with Crippen LogP contribution in [0.3, 0.4) is 0 Å². The van der Waals surface area contributed by atoms with Crippen molar-refractivity contribution in [3.05, 3.63) is 57.9 Å². The molecule has 0 aliphatic heterocycles. The van der Waals surface area contributed by atoms with Crippen LogP contribution in [0.2, 0.25) is 0 Å². The van der Waals surface area contributed by atoms with Crippen LogP contribution < -0.4 is 10.1 Å². The van der Waals surface area contributed by atoms with E-state index in [4.69, 9.17) is 4.74 Å². The van der Waals surface area contributed by atoms with Crippen LogP contribution in [0.25, 0.3) is 16.5 Å². The zero-order valence-electron chi connectivity index (χ0n) is 15.4. The maximum Gasteiger partial charge on any atom is 0.244 e. The number of aryl methyl sites for hydroxylation is 1. The van der Waals surface area contributed by atoms with Crippen LogP contribution >= 0.6 is 11.3 Å². The summed E-state index contributed by atoms with van der Waals surface area (Å²) in [5.74, 6) is 0.787. The molecule has 0 saturated carbocycles. The van der Waals surface area contributed by atoms with Gasteiger partial charge in [-0.15, -0.1) is 11.3 Å². The summed E-state index contributed by atoms with van der Waals surface area (Å²) in [6.07, 6.45) is 5.49. The quantitative estimate of drug-likeness (QED) is 0.601. The smallest absolute Gasteiger partial charge is 0.244 e. The fourth-order valence-electron chi connectivity index (χ4n) is 2.92. The number of thiophene rings is 1. The van der Waals surface area contributed by atoms with Crippen molar-refractivity contribution >= 4 is 33.7 Å². The lowest BCUT2D eigenvalue weighted by atomic mass is 10.1. The van der Waals surface area contributed by atoms with Gasteiger partial charge in [0.25, 0.3) is 0 Å². The number of ether oxygens (including phenoxy) is 1. The highest BCUT2D eigenvalue weighted by Gasteiger charge is 2.07. The Balaban J connectivity index is 1.57. The van der Waals surface area contributed by atoms with Gasteiger partial charge in [0, 0.05) is 45.5 Å². The van der Waals surface area contributed by atoms with E-state index in [1.807, 2.05) is 31.3 Å². The molecule has 1 amide bonds. The topological polar surface area (TPSA) is 54.1 Å². The first-order chi connectivity index (χ1) is 12.6. The number of amides is 1. The highest BCUT2D eigenvalue weighted by atomic mass is 32.1. The van der Waals surface area contributed by atoms with E-state index in [0.29, 0.717) is 6.54 Å². The molecule has 0 atom stereocenters. The van der Waals surface area contributed by atoms with Gasteiger partial charge in [0.15, 0.2) is 0 Å². The number of fused-ring (bicyclic) bond motifs is 1. The summed E-state index contributed by atoms with van der Waals surface area (Å²) in [4.78, 5) is 17.9. The molecule has 3 rings (SSSR count). The van der Waals surface area contributed by atoms with Crippen LogP contribution in [0.5, 0.6) is 5.75 Å². The molecule has 0 radical (unpaired) electrons. The first-order valence-corrected chi connectivity index (χ1v) is 9.61. The van der Waals surface area contributed by atoms with E-state index < -0.39 is 0 Å². The third kappa shape index (κ3) is 4.17. The second-order valence-corrected chi connectivity index (χ2v) is 7.38. The highest BCUT2D eigenvalue weighted by molar-refractivity contribution is 7.13. The minimum atomic E-state index is -0.0459. The van der Waals surface area contributed by atoms with Crippen LogP contribution in [0.15, 0.2) is 42.6 Å². The third-order valence-corrected chi connectivity index (χ3v) is 5.78. The third-order valence-electron chi connectivity index (χ3n) is 4.41. The fraction of sp³-hybridized carbons (Fsp3) is 0.286. The van der Waals surface area contributed by atoms with Gasteiger partial charge in [-0.05, 0) is 55.2 Å². The number of H-pyrrole nitrogens is 1. The molecule has 2 N–H and O–H groups in total. The molecule has 2 heterocycles. The molecule has 0 bridgehead atoms. The van der Waals surface area contributed by atoms with E-state index in [1.54, 1.807) is 24.5 Å². The number of hydrogen-bond acceptors (Lipinski definition) is 3. The van der Waals surface area contributed by atoms with Crippen molar-refractivity contribution in [2.75, 3.05) is 13.7 Å². The van der Waals surface area contributed by atoms with E-state index in [0.717, 1.165) is 39.9 Å². The predicted molar refractivity (Wildman–Crippen MR) is 109 cm³/mol. The van der Waals surface area contributed by atoms with Gasteiger partial charge in [-0.25, -0.2) is 0 Å². The van der Waals surface area contributed by atoms with E-state index >= 15 is 0 Å². The lowest BCUT2D eigenvalue weighted by molar-refractivity contribution is -0.116. The SMILES string of the molecule is CCc1ccc(C(C)=CC(=O)NCCc2c[nH]c3cc(OC)ccc23)s1. The number of carbonyl (C=O) groups is 1. The van der Waals surface area contributed by atoms with Gasteiger partial charge in [0.2, 0.25) is 5.91 Å². The molecular weight excluding hydrogens is 344 g/mol. The van der Waals surface area contributed by atoms with Crippen molar-refractivity contribution in [1.29, 1.82) is 0 Å². The van der Waals surface area contributed by atoms with Crippen LogP contribution in [0, 0.1) is 0 Å². The Bertz CT molecular complexity index is 937. The standard InChI is InChI=1S/C21H24N2O2S/c1-4-17-6-8-20(26-17)14(2)11-21(24)22-10-9-15-13-23-19-12-16(25-3)5-7-18(15)19/h5-8,11-13,23H,4,9-10H2,1-3H3,(H,22,24). The molecule has 136 valence electrons. The monoisotopic (exact) mass is 368 g/mol. The Hall–Kier alpha value is -2.53. The van der Waals surface area contributed by atoms with Crippen LogP contribution in [0.4, 0.5) is 0 Å². The Morgan fingerprint density at radius 2 is 2.15 bits per heavy atom. The summed E-state index contributed by atoms with van der Waals surface area (Å²) in [6, 6.07) is 10.2. The zero-order chi connectivity index (χ0) is 18.5. The summed E-state index contributed by atoms with van der Waals surface area (Å²) in [7, 11) is 1.66. The molecular formula is C21H24N2O2S. The number of carbonyl (C=O) groups excluding carboxylic acids is 1. The lowest BCUT2D eigenvalue weighted by Gasteiger charge is -2.04. The number of benzene rings is 1. The maximum absolute atomic E-state index is 12.2. The van der Waals surface area contributed by atoms with Crippen molar-refractivity contribution in [3.8, 4) is 5.75 Å². The highest BCUT2D eigenvalue weighted by Crippen LogP contribution is 2.24. The second kappa shape index (κ2) is 8.23. The average molecular weight is 369 g/mol. The molecule has 1 aromatic carbocycles. The molecule has 0 aliphatic carbocycles. The Labute approximate surface area is 157 Å². The molecule has 26 heavy (non-hydrogen) atoms. The van der Waals surface area contributed by atoms with Crippen molar-refractivity contribution in [2.45, 2.75) is 26.7 Å². The molecule has 4 nitrogen and oxygen atoms in total. The maximum atomic E-state index is 12.2. The van der Waals surface area contributed by atoms with Crippen LogP contribution in [-0.4, -0.2) is 24.5 Å². The number of hydrogen-bond donors (Lipinski definition) is 2. The van der Waals surface area contributed by atoms with E-state index in [9.17, 15) is 4.79 Å². The first kappa shape index (κ1) is 18.3. The van der Waals surface area contributed by atoms with Gasteiger partial charge < -0.3 is 15.0 Å². The number of aromatic amines is 1. The molecule has 3 aromatic rings. The largest absolute Gasteiger partial charge is 0.497 e. The van der Waals surface area contributed by atoms with Crippen molar-refractivity contribution in [1.82, 2.24) is 10.3 Å². The molecule has 0 spiro atoms. The van der Waals surface area contributed by atoms with Gasteiger partial charge in [0.05, 0.1) is 7.11 Å². The van der Waals surface area contributed by atoms with Crippen molar-refractivity contribution in [2.24, 2.45) is 0 Å². The Kier molecular flexibility index (Phi) is 5.78. The van der Waals surface area contributed by atoms with Gasteiger partial charge in [0.1, 0.15) is 5.75 Å². The first-order valence-electron chi connectivity index (χ1n) is 8.80. The van der Waals surface area contributed by atoms with E-state index in [2.05, 4.69) is 29.4 Å². The number of nitrogens with one attached hydrogen (secondary N) is 2. The Morgan fingerprint density at radius 1 is 1.31 bits per heavy atom. The number of allylic oxidation sites excluding steroid dienone is 1. The van der Waals surface area contributed by atoms with Crippen molar-refractivity contribution < 1.29 is 9.53 Å². The average Bonchev–Trinajstić information content (AvgIpc) is 3.28. The summed E-state index contributed by atoms with van der Waals surface area (Å²) < 4.78 is 5.24. The molecule has 0 aliphatic rings. The summed E-state index contributed by atoms with van der Waals surface area (Å²) in [6.45, 7) is 4.73. The zero-order valence-corrected chi connectivity index (χ0v) is 16.2. The number of methoxy groups -OCH3 is 1. The minimum Gasteiger partial charge on any atom is -0.497 e. The molecule has 5 heteroatoms. The summed E-state index contributed by atoms with van der Waals surface area (Å²) in [5.41, 5.74) is 3.24. The van der Waals surface area contributed by atoms with Gasteiger partial charge in [-0.2, -0.15) is 0 Å². The van der Waals surface area contributed by atoms with Crippen molar-refractivity contribution in [3.63, 3.8) is 0 Å². The normalized spacial score (nSPS) is 11.7. The van der Waals surface area contributed by atoms with Gasteiger partial charge >= 0.3 is 0 Å². The molecule has 0 saturated heterocycles. The van der Waals surface area contributed by atoms with Gasteiger partial charge in [-0.1, -0.05) is 6.92 Å². The number of rotatable bonds is 7. The van der Waals surface area contributed by atoms with Crippen LogP contribution in [-0.2, 0) is 17.6 Å². The van der Waals surface area contributed by atoms with Gasteiger partial charge in [-0.3, -0.25) is 4.79 Å². The second-order valence-electron chi connectivity index (χ2n) is 6.21. The van der Waals surface area contributed by atoms with Crippen LogP contribution in [0.1, 0.15) is 29.2 Å². The molecule has 0 fully saturated rings. The Morgan fingerprint density at radius 3 is 2.88 bits per heavy atom. The lowest BCUT2D eigenvalue weighted by Crippen LogP contribution is -2.23. The molecule has 2 aromatic heterocycles. The predicted octanol–water partition coefficient (Wildman–Crippen LogP) is 4.56. The van der Waals surface area contributed by atoms with E-state index in [1.165, 1.54) is 10.4 Å². The van der Waals surface area contributed by atoms with E-state index in [-0.39, 0.29) is 5.91 Å². The minimum absolute atomic E-state index is 0.0459. The summed E-state index contributed by atoms with van der Waals surface area (Å²) >= 11 is 1.75.